The highest BCUT2D eigenvalue weighted by Gasteiger charge is 2.28. The van der Waals surface area contributed by atoms with E-state index in [9.17, 15) is 28.2 Å². The van der Waals surface area contributed by atoms with E-state index in [2.05, 4.69) is 10.0 Å². The second-order valence-corrected chi connectivity index (χ2v) is 11.3. The number of hydrogen-bond donors (Lipinski definition) is 4. The van der Waals surface area contributed by atoms with E-state index in [-0.39, 0.29) is 17.3 Å². The van der Waals surface area contributed by atoms with Gasteiger partial charge in [0, 0.05) is 16.8 Å². The molecule has 0 fully saturated rings. The van der Waals surface area contributed by atoms with Crippen LogP contribution in [-0.4, -0.2) is 43.7 Å². The minimum atomic E-state index is -4.02. The normalized spacial score (nSPS) is 12.4. The molecule has 1 amide bonds. The molecule has 1 unspecified atom stereocenters. The molecule has 1 heterocycles. The van der Waals surface area contributed by atoms with Crippen LogP contribution in [0.5, 0.6) is 5.75 Å². The topological polar surface area (TPSA) is 155 Å². The average molecular weight is 567 g/mol. The van der Waals surface area contributed by atoms with Gasteiger partial charge in [0.05, 0.1) is 24.0 Å². The van der Waals surface area contributed by atoms with Gasteiger partial charge in [0.15, 0.2) is 5.76 Å². The first kappa shape index (κ1) is 28.8. The number of aliphatic hydroxyl groups is 1. The van der Waals surface area contributed by atoms with Crippen LogP contribution in [0.1, 0.15) is 35.5 Å². The number of carboxylic acid groups (broad SMARTS) is 1. The maximum absolute atomic E-state index is 13.0. The number of anilines is 1. The van der Waals surface area contributed by atoms with Gasteiger partial charge in [0.1, 0.15) is 17.4 Å². The molecular formula is C29H30N2O8S. The number of carbonyl (C=O) groups excluding carboxylic acids is 1. The highest BCUT2D eigenvalue weighted by atomic mass is 32.2. The van der Waals surface area contributed by atoms with Crippen molar-refractivity contribution in [1.82, 2.24) is 4.72 Å². The van der Waals surface area contributed by atoms with Crippen molar-refractivity contribution in [3.63, 3.8) is 0 Å². The summed E-state index contributed by atoms with van der Waals surface area (Å²) < 4.78 is 38.8. The van der Waals surface area contributed by atoms with E-state index >= 15 is 0 Å². The van der Waals surface area contributed by atoms with Crippen molar-refractivity contribution in [2.24, 2.45) is 5.92 Å². The average Bonchev–Trinajstić information content (AvgIpc) is 3.27. The number of nitrogens with one attached hydrogen (secondary N) is 2. The Kier molecular flexibility index (Phi) is 8.29. The summed E-state index contributed by atoms with van der Waals surface area (Å²) in [4.78, 5) is 24.4. The number of carbonyl (C=O) groups is 2. The standard InChI is InChI=1S/C29H30N2O8S/c1-16(2)25(29(34)35)31-40(36,37)22-12-7-19(8-13-22)18-5-10-21(11-6-18)30-28(33)26-17(3)24-23(39-26)14-9-20(15-32)27(24)38-4/h5-14,16,25,31-32H,15H2,1-4H3,(H,30,33)(H,34,35). The molecule has 0 radical (unpaired) electrons. The van der Waals surface area contributed by atoms with Gasteiger partial charge in [-0.1, -0.05) is 38.1 Å². The van der Waals surface area contributed by atoms with Gasteiger partial charge in [-0.25, -0.2) is 8.42 Å². The van der Waals surface area contributed by atoms with Crippen molar-refractivity contribution in [2.75, 3.05) is 12.4 Å². The molecule has 40 heavy (non-hydrogen) atoms. The second kappa shape index (κ2) is 11.5. The van der Waals surface area contributed by atoms with Crippen LogP contribution in [0.15, 0.2) is 70.0 Å². The zero-order valence-electron chi connectivity index (χ0n) is 22.4. The first-order chi connectivity index (χ1) is 19.0. The lowest BCUT2D eigenvalue weighted by molar-refractivity contribution is -0.140. The molecule has 1 aromatic heterocycles. The van der Waals surface area contributed by atoms with E-state index in [1.165, 1.54) is 19.2 Å². The molecule has 3 aromatic carbocycles. The van der Waals surface area contributed by atoms with Gasteiger partial charge in [-0.05, 0) is 60.4 Å². The van der Waals surface area contributed by atoms with Gasteiger partial charge < -0.3 is 24.7 Å². The number of amides is 1. The number of fused-ring (bicyclic) bond motifs is 1. The van der Waals surface area contributed by atoms with Crippen LogP contribution in [0.2, 0.25) is 0 Å². The van der Waals surface area contributed by atoms with Crippen molar-refractivity contribution in [3.8, 4) is 16.9 Å². The van der Waals surface area contributed by atoms with Crippen molar-refractivity contribution in [2.45, 2.75) is 38.3 Å². The Hall–Kier alpha value is -4.19. The second-order valence-electron chi connectivity index (χ2n) is 9.58. The summed E-state index contributed by atoms with van der Waals surface area (Å²) in [6.45, 7) is 4.78. The number of sulfonamides is 1. The van der Waals surface area contributed by atoms with E-state index in [1.807, 2.05) is 0 Å². The minimum Gasteiger partial charge on any atom is -0.496 e. The first-order valence-corrected chi connectivity index (χ1v) is 13.9. The fourth-order valence-corrected chi connectivity index (χ4v) is 5.73. The van der Waals surface area contributed by atoms with Gasteiger partial charge >= 0.3 is 5.97 Å². The summed E-state index contributed by atoms with van der Waals surface area (Å²) in [5, 5.41) is 22.3. The molecule has 210 valence electrons. The van der Waals surface area contributed by atoms with Crippen LogP contribution in [0.4, 0.5) is 5.69 Å². The maximum Gasteiger partial charge on any atom is 0.322 e. The Morgan fingerprint density at radius 2 is 1.57 bits per heavy atom. The monoisotopic (exact) mass is 566 g/mol. The number of hydrogen-bond acceptors (Lipinski definition) is 7. The molecule has 1 atom stereocenters. The van der Waals surface area contributed by atoms with Gasteiger partial charge in [-0.15, -0.1) is 0 Å². The molecule has 0 spiro atoms. The van der Waals surface area contributed by atoms with Crippen LogP contribution in [0, 0.1) is 12.8 Å². The molecule has 0 aliphatic rings. The first-order valence-electron chi connectivity index (χ1n) is 12.4. The summed E-state index contributed by atoms with van der Waals surface area (Å²) in [6.07, 6.45) is 0. The summed E-state index contributed by atoms with van der Waals surface area (Å²) >= 11 is 0. The van der Waals surface area contributed by atoms with Crippen LogP contribution in [0.3, 0.4) is 0 Å². The summed E-state index contributed by atoms with van der Waals surface area (Å²) in [5.41, 5.74) is 3.67. The Bertz CT molecular complexity index is 1660. The largest absolute Gasteiger partial charge is 0.496 e. The number of rotatable bonds is 10. The zero-order valence-corrected chi connectivity index (χ0v) is 23.2. The highest BCUT2D eigenvalue weighted by molar-refractivity contribution is 7.89. The number of ether oxygens (including phenoxy) is 1. The molecule has 4 N–H and O–H groups in total. The van der Waals surface area contributed by atoms with E-state index in [1.54, 1.807) is 69.3 Å². The van der Waals surface area contributed by atoms with Gasteiger partial charge in [0.25, 0.3) is 5.91 Å². The molecule has 10 nitrogen and oxygen atoms in total. The molecule has 0 bridgehead atoms. The Morgan fingerprint density at radius 3 is 2.10 bits per heavy atom. The van der Waals surface area contributed by atoms with Crippen LogP contribution in [0.25, 0.3) is 22.1 Å². The van der Waals surface area contributed by atoms with Gasteiger partial charge in [0.2, 0.25) is 10.0 Å². The SMILES string of the molecule is COc1c(CO)ccc2oc(C(=O)Nc3ccc(-c4ccc(S(=O)(=O)NC(C(=O)O)C(C)C)cc4)cc3)c(C)c12. The fourth-order valence-electron chi connectivity index (χ4n) is 4.39. The Balaban J connectivity index is 1.50. The molecule has 4 rings (SSSR count). The van der Waals surface area contributed by atoms with Gasteiger partial charge in [-0.2, -0.15) is 4.72 Å². The predicted octanol–water partition coefficient (Wildman–Crippen LogP) is 4.55. The number of aliphatic hydroxyl groups excluding tert-OH is 1. The van der Waals surface area contributed by atoms with Crippen LogP contribution < -0.4 is 14.8 Å². The van der Waals surface area contributed by atoms with Crippen molar-refractivity contribution in [3.05, 3.63) is 77.6 Å². The number of furan rings is 1. The van der Waals surface area contributed by atoms with Crippen LogP contribution >= 0.6 is 0 Å². The lowest BCUT2D eigenvalue weighted by atomic mass is 10.1. The number of aryl methyl sites for hydroxylation is 1. The molecular weight excluding hydrogens is 536 g/mol. The molecule has 0 aliphatic heterocycles. The third kappa shape index (κ3) is 5.71. The minimum absolute atomic E-state index is 0.0454. The van der Waals surface area contributed by atoms with E-state index in [4.69, 9.17) is 9.15 Å². The number of carboxylic acids is 1. The van der Waals surface area contributed by atoms with Crippen LogP contribution in [-0.2, 0) is 21.4 Å². The fraction of sp³-hybridized carbons (Fsp3) is 0.241. The van der Waals surface area contributed by atoms with Crippen molar-refractivity contribution < 1.29 is 37.4 Å². The Morgan fingerprint density at radius 1 is 0.975 bits per heavy atom. The number of aliphatic carboxylic acids is 1. The lowest BCUT2D eigenvalue weighted by Crippen LogP contribution is -2.44. The van der Waals surface area contributed by atoms with Gasteiger partial charge in [-0.3, -0.25) is 9.59 Å². The summed E-state index contributed by atoms with van der Waals surface area (Å²) in [6, 6.07) is 15.2. The van der Waals surface area contributed by atoms with E-state index < -0.39 is 33.9 Å². The number of methoxy groups -OCH3 is 1. The lowest BCUT2D eigenvalue weighted by Gasteiger charge is -2.18. The third-order valence-corrected chi connectivity index (χ3v) is 8.02. The highest BCUT2D eigenvalue weighted by Crippen LogP contribution is 2.36. The van der Waals surface area contributed by atoms with E-state index in [0.717, 1.165) is 11.1 Å². The smallest absolute Gasteiger partial charge is 0.322 e. The van der Waals surface area contributed by atoms with Crippen molar-refractivity contribution in [1.29, 1.82) is 0 Å². The molecule has 0 saturated carbocycles. The Labute approximate surface area is 231 Å². The molecule has 11 heteroatoms. The van der Waals surface area contributed by atoms with Crippen molar-refractivity contribution >= 4 is 38.6 Å². The predicted molar refractivity (Wildman–Crippen MR) is 150 cm³/mol. The third-order valence-electron chi connectivity index (χ3n) is 6.56. The quantitative estimate of drug-likeness (QED) is 0.218. The molecule has 0 aliphatic carbocycles. The molecule has 0 saturated heterocycles. The maximum atomic E-state index is 13.0. The number of benzene rings is 3. The van der Waals surface area contributed by atoms with E-state index in [0.29, 0.717) is 33.5 Å². The molecule has 4 aromatic rings. The zero-order chi connectivity index (χ0) is 29.2. The summed E-state index contributed by atoms with van der Waals surface area (Å²) in [7, 11) is -2.53. The summed E-state index contributed by atoms with van der Waals surface area (Å²) in [5.74, 6) is -1.53.